The van der Waals surface area contributed by atoms with Gasteiger partial charge in [-0.15, -0.1) is 0 Å². The van der Waals surface area contributed by atoms with E-state index >= 15 is 0 Å². The number of nitrogens with zero attached hydrogens (tertiary/aromatic N) is 1. The van der Waals surface area contributed by atoms with Crippen LogP contribution in [0.2, 0.25) is 0 Å². The predicted molar refractivity (Wildman–Crippen MR) is 86.2 cm³/mol. The molecule has 0 atom stereocenters. The number of nitrogens with two attached hydrogens (primary N) is 1. The summed E-state index contributed by atoms with van der Waals surface area (Å²) in [6.07, 6.45) is -0.0904. The summed E-state index contributed by atoms with van der Waals surface area (Å²) >= 11 is 0. The van der Waals surface area contributed by atoms with Gasteiger partial charge in [0.25, 0.3) is 0 Å². The first-order chi connectivity index (χ1) is 11.0. The number of aliphatic imine (C=N–C) groups is 1. The molecule has 2 aromatic carbocycles. The van der Waals surface area contributed by atoms with Crippen molar-refractivity contribution >= 4 is 17.3 Å². The van der Waals surface area contributed by atoms with Crippen LogP contribution in [0.3, 0.4) is 0 Å². The molecule has 0 aromatic heterocycles. The number of methoxy groups -OCH3 is 2. The number of hydrogen-bond donors (Lipinski definition) is 1. The van der Waals surface area contributed by atoms with E-state index in [-0.39, 0.29) is 18.0 Å². The standard InChI is InChI=1S/C17H17FN2O3/c1-22-14-4-3-5-15(23-2)17(14)20-16(19)10-13(21)11-6-8-12(18)9-7-11/h3-9H,10H2,1-2H3,(H2,19,20). The first-order valence-corrected chi connectivity index (χ1v) is 6.88. The zero-order valence-corrected chi connectivity index (χ0v) is 12.9. The third kappa shape index (κ3) is 4.06. The van der Waals surface area contributed by atoms with E-state index in [1.807, 2.05) is 0 Å². The van der Waals surface area contributed by atoms with E-state index < -0.39 is 5.82 Å². The Morgan fingerprint density at radius 2 is 1.65 bits per heavy atom. The van der Waals surface area contributed by atoms with Crippen LogP contribution in [0.5, 0.6) is 11.5 Å². The molecule has 0 unspecified atom stereocenters. The van der Waals surface area contributed by atoms with Crippen LogP contribution in [0, 0.1) is 5.82 Å². The van der Waals surface area contributed by atoms with Gasteiger partial charge in [0.2, 0.25) is 0 Å². The summed E-state index contributed by atoms with van der Waals surface area (Å²) < 4.78 is 23.3. The fourth-order valence-electron chi connectivity index (χ4n) is 2.03. The number of rotatable bonds is 6. The molecular formula is C17H17FN2O3. The molecule has 2 N–H and O–H groups in total. The van der Waals surface area contributed by atoms with Crippen molar-refractivity contribution in [1.29, 1.82) is 0 Å². The van der Waals surface area contributed by atoms with Crippen molar-refractivity contribution in [3.05, 3.63) is 53.8 Å². The van der Waals surface area contributed by atoms with Crippen molar-refractivity contribution in [3.63, 3.8) is 0 Å². The van der Waals surface area contributed by atoms with Crippen molar-refractivity contribution in [2.24, 2.45) is 10.7 Å². The predicted octanol–water partition coefficient (Wildman–Crippen LogP) is 3.10. The smallest absolute Gasteiger partial charge is 0.170 e. The van der Waals surface area contributed by atoms with Crippen molar-refractivity contribution < 1.29 is 18.7 Å². The van der Waals surface area contributed by atoms with Crippen LogP contribution in [-0.2, 0) is 0 Å². The maximum Gasteiger partial charge on any atom is 0.170 e. The second-order valence-corrected chi connectivity index (χ2v) is 4.72. The first kappa shape index (κ1) is 16.5. The van der Waals surface area contributed by atoms with Crippen LogP contribution in [0.15, 0.2) is 47.5 Å². The number of halogens is 1. The highest BCUT2D eigenvalue weighted by atomic mass is 19.1. The molecule has 0 aliphatic rings. The van der Waals surface area contributed by atoms with Crippen LogP contribution in [0.4, 0.5) is 10.1 Å². The zero-order chi connectivity index (χ0) is 16.8. The Bertz CT molecular complexity index is 705. The lowest BCUT2D eigenvalue weighted by Gasteiger charge is -2.10. The monoisotopic (exact) mass is 316 g/mol. The summed E-state index contributed by atoms with van der Waals surface area (Å²) in [6, 6.07) is 10.5. The highest BCUT2D eigenvalue weighted by Crippen LogP contribution is 2.36. The molecule has 6 heteroatoms. The minimum absolute atomic E-state index is 0.0904. The maximum atomic E-state index is 12.9. The second kappa shape index (κ2) is 7.40. The lowest BCUT2D eigenvalue weighted by atomic mass is 10.1. The Balaban J connectivity index is 2.23. The van der Waals surface area contributed by atoms with E-state index in [1.165, 1.54) is 38.5 Å². The van der Waals surface area contributed by atoms with Gasteiger partial charge in [-0.1, -0.05) is 6.07 Å². The maximum absolute atomic E-state index is 12.9. The normalized spacial score (nSPS) is 11.2. The molecule has 0 saturated carbocycles. The second-order valence-electron chi connectivity index (χ2n) is 4.72. The molecule has 0 heterocycles. The number of hydrogen-bond acceptors (Lipinski definition) is 4. The van der Waals surface area contributed by atoms with Crippen LogP contribution in [0.1, 0.15) is 16.8 Å². The van der Waals surface area contributed by atoms with Gasteiger partial charge >= 0.3 is 0 Å². The third-order valence-corrected chi connectivity index (χ3v) is 3.17. The van der Waals surface area contributed by atoms with Crippen LogP contribution < -0.4 is 15.2 Å². The van der Waals surface area contributed by atoms with E-state index in [4.69, 9.17) is 15.2 Å². The van der Waals surface area contributed by atoms with Crippen molar-refractivity contribution in [3.8, 4) is 11.5 Å². The molecule has 0 radical (unpaired) electrons. The van der Waals surface area contributed by atoms with Gasteiger partial charge in [-0.2, -0.15) is 0 Å². The minimum atomic E-state index is -0.401. The fourth-order valence-corrected chi connectivity index (χ4v) is 2.03. The Morgan fingerprint density at radius 1 is 1.09 bits per heavy atom. The minimum Gasteiger partial charge on any atom is -0.494 e. The number of amidine groups is 1. The van der Waals surface area contributed by atoms with E-state index in [0.717, 1.165) is 0 Å². The summed E-state index contributed by atoms with van der Waals surface area (Å²) in [5.41, 5.74) is 6.66. The number of benzene rings is 2. The van der Waals surface area contributed by atoms with E-state index in [9.17, 15) is 9.18 Å². The number of para-hydroxylation sites is 1. The largest absolute Gasteiger partial charge is 0.494 e. The lowest BCUT2D eigenvalue weighted by Crippen LogP contribution is -2.17. The number of ether oxygens (including phenoxy) is 2. The zero-order valence-electron chi connectivity index (χ0n) is 12.9. The number of Topliss-reactive ketones (excluding diaryl/α,β-unsaturated/α-hetero) is 1. The fraction of sp³-hybridized carbons (Fsp3) is 0.176. The quantitative estimate of drug-likeness (QED) is 0.505. The molecule has 0 amide bonds. The SMILES string of the molecule is COc1cccc(OC)c1N=C(N)CC(=O)c1ccc(F)cc1. The molecule has 23 heavy (non-hydrogen) atoms. The average molecular weight is 316 g/mol. The summed E-state index contributed by atoms with van der Waals surface area (Å²) in [4.78, 5) is 16.4. The molecule has 120 valence electrons. The van der Waals surface area contributed by atoms with Crippen LogP contribution in [0.25, 0.3) is 0 Å². The van der Waals surface area contributed by atoms with Crippen molar-refractivity contribution in [1.82, 2.24) is 0 Å². The molecule has 0 aliphatic carbocycles. The molecule has 2 aromatic rings. The molecule has 2 rings (SSSR count). The average Bonchev–Trinajstić information content (AvgIpc) is 2.55. The number of ketones is 1. The third-order valence-electron chi connectivity index (χ3n) is 3.17. The Kier molecular flexibility index (Phi) is 5.30. The van der Waals surface area contributed by atoms with Gasteiger partial charge < -0.3 is 15.2 Å². The molecule has 5 nitrogen and oxygen atoms in total. The van der Waals surface area contributed by atoms with E-state index in [0.29, 0.717) is 22.7 Å². The number of carbonyl (C=O) groups excluding carboxylic acids is 1. The van der Waals surface area contributed by atoms with Crippen molar-refractivity contribution in [2.45, 2.75) is 6.42 Å². The van der Waals surface area contributed by atoms with Gasteiger partial charge in [-0.3, -0.25) is 4.79 Å². The molecule has 0 fully saturated rings. The Morgan fingerprint density at radius 3 is 2.17 bits per heavy atom. The first-order valence-electron chi connectivity index (χ1n) is 6.88. The highest BCUT2D eigenvalue weighted by Gasteiger charge is 2.12. The van der Waals surface area contributed by atoms with E-state index in [2.05, 4.69) is 4.99 Å². The molecule has 0 bridgehead atoms. The molecular weight excluding hydrogens is 299 g/mol. The van der Waals surface area contributed by atoms with Crippen LogP contribution >= 0.6 is 0 Å². The van der Waals surface area contributed by atoms with Gasteiger partial charge in [0.15, 0.2) is 5.78 Å². The molecule has 0 spiro atoms. The van der Waals surface area contributed by atoms with Gasteiger partial charge in [0, 0.05) is 5.56 Å². The summed E-state index contributed by atoms with van der Waals surface area (Å²) in [7, 11) is 3.02. The summed E-state index contributed by atoms with van der Waals surface area (Å²) in [5, 5.41) is 0. The number of carbonyl (C=O) groups is 1. The van der Waals surface area contributed by atoms with Crippen molar-refractivity contribution in [2.75, 3.05) is 14.2 Å². The highest BCUT2D eigenvalue weighted by molar-refractivity contribution is 6.09. The molecule has 0 aliphatic heterocycles. The lowest BCUT2D eigenvalue weighted by molar-refractivity contribution is 0.100. The Labute approximate surface area is 133 Å². The van der Waals surface area contributed by atoms with E-state index in [1.54, 1.807) is 18.2 Å². The van der Waals surface area contributed by atoms with Crippen LogP contribution in [-0.4, -0.2) is 25.8 Å². The summed E-state index contributed by atoms with van der Waals surface area (Å²) in [5.74, 6) is 0.437. The topological polar surface area (TPSA) is 73.9 Å². The van der Waals surface area contributed by atoms with Gasteiger partial charge in [-0.25, -0.2) is 9.38 Å². The Hall–Kier alpha value is -2.89. The van der Waals surface area contributed by atoms with Gasteiger partial charge in [0.05, 0.1) is 20.6 Å². The molecule has 0 saturated heterocycles. The van der Waals surface area contributed by atoms with Gasteiger partial charge in [0.1, 0.15) is 28.8 Å². The summed E-state index contributed by atoms with van der Waals surface area (Å²) in [6.45, 7) is 0. The van der Waals surface area contributed by atoms with Gasteiger partial charge in [-0.05, 0) is 36.4 Å².